The molecule has 0 radical (unpaired) electrons. The maximum atomic E-state index is 13.1. The van der Waals surface area contributed by atoms with E-state index in [1.54, 1.807) is 13.0 Å². The first-order chi connectivity index (χ1) is 8.48. The van der Waals surface area contributed by atoms with Crippen molar-refractivity contribution < 1.29 is 9.18 Å². The number of aryl methyl sites for hydroxylation is 1. The standard InChI is InChI=1S/C14H21FN2O/c1-4-14(5-2,9-16)17-13(18)11-6-7-12(15)10(3)8-11/h6-8H,4-5,9,16H2,1-3H3,(H,17,18). The van der Waals surface area contributed by atoms with E-state index in [-0.39, 0.29) is 17.3 Å². The molecule has 3 nitrogen and oxygen atoms in total. The zero-order valence-corrected chi connectivity index (χ0v) is 11.2. The van der Waals surface area contributed by atoms with Gasteiger partial charge in [0.25, 0.3) is 5.91 Å². The van der Waals surface area contributed by atoms with Crippen LogP contribution in [-0.4, -0.2) is 18.0 Å². The first-order valence-electron chi connectivity index (χ1n) is 6.26. The van der Waals surface area contributed by atoms with E-state index in [0.29, 0.717) is 17.7 Å². The van der Waals surface area contributed by atoms with Gasteiger partial charge in [-0.3, -0.25) is 4.79 Å². The predicted molar refractivity (Wildman–Crippen MR) is 71.0 cm³/mol. The van der Waals surface area contributed by atoms with Gasteiger partial charge in [0.2, 0.25) is 0 Å². The summed E-state index contributed by atoms with van der Waals surface area (Å²) >= 11 is 0. The van der Waals surface area contributed by atoms with Gasteiger partial charge < -0.3 is 11.1 Å². The highest BCUT2D eigenvalue weighted by molar-refractivity contribution is 5.94. The Labute approximate surface area is 108 Å². The Morgan fingerprint density at radius 1 is 1.39 bits per heavy atom. The smallest absolute Gasteiger partial charge is 0.251 e. The number of carbonyl (C=O) groups is 1. The molecule has 4 heteroatoms. The highest BCUT2D eigenvalue weighted by Crippen LogP contribution is 2.15. The largest absolute Gasteiger partial charge is 0.345 e. The SMILES string of the molecule is CCC(CC)(CN)NC(=O)c1ccc(F)c(C)c1. The van der Waals surface area contributed by atoms with E-state index in [2.05, 4.69) is 5.32 Å². The zero-order chi connectivity index (χ0) is 13.8. The zero-order valence-electron chi connectivity index (χ0n) is 11.2. The molecule has 0 aliphatic heterocycles. The van der Waals surface area contributed by atoms with Crippen LogP contribution in [0.5, 0.6) is 0 Å². The summed E-state index contributed by atoms with van der Waals surface area (Å²) in [6, 6.07) is 4.35. The molecule has 1 aromatic rings. The lowest BCUT2D eigenvalue weighted by Crippen LogP contribution is -2.52. The fourth-order valence-electron chi connectivity index (χ4n) is 1.87. The second kappa shape index (κ2) is 5.96. The molecule has 0 aromatic heterocycles. The number of hydrogen-bond donors (Lipinski definition) is 2. The number of hydrogen-bond acceptors (Lipinski definition) is 2. The number of rotatable bonds is 5. The van der Waals surface area contributed by atoms with E-state index in [1.807, 2.05) is 13.8 Å². The predicted octanol–water partition coefficient (Wildman–Crippen LogP) is 2.38. The summed E-state index contributed by atoms with van der Waals surface area (Å²) in [5.41, 5.74) is 6.29. The summed E-state index contributed by atoms with van der Waals surface area (Å²) in [6.45, 7) is 6.02. The molecule has 0 heterocycles. The van der Waals surface area contributed by atoms with Crippen LogP contribution >= 0.6 is 0 Å². The van der Waals surface area contributed by atoms with Crippen molar-refractivity contribution in [2.45, 2.75) is 39.2 Å². The quantitative estimate of drug-likeness (QED) is 0.845. The Hall–Kier alpha value is -1.42. The van der Waals surface area contributed by atoms with Gasteiger partial charge in [0.1, 0.15) is 5.82 Å². The Balaban J connectivity index is 2.90. The molecule has 1 rings (SSSR count). The molecule has 0 saturated carbocycles. The topological polar surface area (TPSA) is 55.1 Å². The average molecular weight is 252 g/mol. The molecule has 0 aliphatic rings. The minimum Gasteiger partial charge on any atom is -0.345 e. The third-order valence-electron chi connectivity index (χ3n) is 3.54. The summed E-state index contributed by atoms with van der Waals surface area (Å²) in [7, 11) is 0. The lowest BCUT2D eigenvalue weighted by atomic mass is 9.92. The minimum absolute atomic E-state index is 0.202. The number of benzene rings is 1. The summed E-state index contributed by atoms with van der Waals surface area (Å²) in [4.78, 5) is 12.1. The molecule has 0 spiro atoms. The Morgan fingerprint density at radius 3 is 2.44 bits per heavy atom. The van der Waals surface area contributed by atoms with E-state index in [9.17, 15) is 9.18 Å². The second-order valence-corrected chi connectivity index (χ2v) is 4.61. The van der Waals surface area contributed by atoms with Crippen molar-refractivity contribution in [3.05, 3.63) is 35.1 Å². The molecule has 100 valence electrons. The van der Waals surface area contributed by atoms with E-state index < -0.39 is 0 Å². The third kappa shape index (κ3) is 3.07. The van der Waals surface area contributed by atoms with Crippen LogP contribution in [-0.2, 0) is 0 Å². The van der Waals surface area contributed by atoms with Gasteiger partial charge >= 0.3 is 0 Å². The minimum atomic E-state index is -0.376. The van der Waals surface area contributed by atoms with Crippen molar-refractivity contribution in [3.63, 3.8) is 0 Å². The van der Waals surface area contributed by atoms with Crippen molar-refractivity contribution in [2.75, 3.05) is 6.54 Å². The first-order valence-corrected chi connectivity index (χ1v) is 6.26. The molecule has 3 N–H and O–H groups in total. The van der Waals surface area contributed by atoms with E-state index in [4.69, 9.17) is 5.73 Å². The van der Waals surface area contributed by atoms with Gasteiger partial charge in [-0.25, -0.2) is 4.39 Å². The third-order valence-corrected chi connectivity index (χ3v) is 3.54. The van der Waals surface area contributed by atoms with Gasteiger partial charge in [-0.05, 0) is 43.5 Å². The summed E-state index contributed by atoms with van der Waals surface area (Å²) < 4.78 is 13.1. The van der Waals surface area contributed by atoms with Crippen molar-refractivity contribution in [1.29, 1.82) is 0 Å². The second-order valence-electron chi connectivity index (χ2n) is 4.61. The van der Waals surface area contributed by atoms with E-state index >= 15 is 0 Å². The molecule has 0 saturated heterocycles. The van der Waals surface area contributed by atoms with Crippen LogP contribution in [0.2, 0.25) is 0 Å². The fourth-order valence-corrected chi connectivity index (χ4v) is 1.87. The molecular weight excluding hydrogens is 231 g/mol. The van der Waals surface area contributed by atoms with Crippen molar-refractivity contribution in [3.8, 4) is 0 Å². The maximum Gasteiger partial charge on any atom is 0.251 e. The maximum absolute atomic E-state index is 13.1. The first kappa shape index (κ1) is 14.6. The number of amides is 1. The van der Waals surface area contributed by atoms with Gasteiger partial charge in [-0.1, -0.05) is 13.8 Å². The Kier molecular flexibility index (Phi) is 4.84. The summed E-state index contributed by atoms with van der Waals surface area (Å²) in [5, 5.41) is 2.96. The molecule has 0 fully saturated rings. The van der Waals surface area contributed by atoms with Crippen LogP contribution < -0.4 is 11.1 Å². The lowest BCUT2D eigenvalue weighted by Gasteiger charge is -2.31. The van der Waals surface area contributed by atoms with Crippen LogP contribution in [0.3, 0.4) is 0 Å². The van der Waals surface area contributed by atoms with Crippen molar-refractivity contribution >= 4 is 5.91 Å². The summed E-state index contributed by atoms with van der Waals surface area (Å²) in [6.07, 6.45) is 1.54. The number of carbonyl (C=O) groups excluding carboxylic acids is 1. The number of halogens is 1. The average Bonchev–Trinajstić information content (AvgIpc) is 2.39. The molecule has 1 amide bonds. The highest BCUT2D eigenvalue weighted by Gasteiger charge is 2.26. The Morgan fingerprint density at radius 2 is 2.00 bits per heavy atom. The molecule has 0 atom stereocenters. The molecule has 18 heavy (non-hydrogen) atoms. The Bertz CT molecular complexity index is 420. The van der Waals surface area contributed by atoms with Crippen LogP contribution in [0.25, 0.3) is 0 Å². The molecule has 0 bridgehead atoms. The normalized spacial score (nSPS) is 11.4. The van der Waals surface area contributed by atoms with Gasteiger partial charge in [0.15, 0.2) is 0 Å². The van der Waals surface area contributed by atoms with Crippen molar-refractivity contribution in [2.24, 2.45) is 5.73 Å². The van der Waals surface area contributed by atoms with Crippen LogP contribution in [0.15, 0.2) is 18.2 Å². The summed E-state index contributed by atoms with van der Waals surface area (Å²) in [5.74, 6) is -0.505. The van der Waals surface area contributed by atoms with Crippen LogP contribution in [0.4, 0.5) is 4.39 Å². The van der Waals surface area contributed by atoms with E-state index in [1.165, 1.54) is 12.1 Å². The fraction of sp³-hybridized carbons (Fsp3) is 0.500. The van der Waals surface area contributed by atoms with Gasteiger partial charge in [-0.15, -0.1) is 0 Å². The molecule has 1 aromatic carbocycles. The number of nitrogens with one attached hydrogen (secondary N) is 1. The molecule has 0 unspecified atom stereocenters. The molecule has 0 aliphatic carbocycles. The highest BCUT2D eigenvalue weighted by atomic mass is 19.1. The number of nitrogens with two attached hydrogens (primary N) is 1. The van der Waals surface area contributed by atoms with Crippen LogP contribution in [0, 0.1) is 12.7 Å². The van der Waals surface area contributed by atoms with Gasteiger partial charge in [0, 0.05) is 12.1 Å². The van der Waals surface area contributed by atoms with E-state index in [0.717, 1.165) is 12.8 Å². The van der Waals surface area contributed by atoms with Gasteiger partial charge in [-0.2, -0.15) is 0 Å². The van der Waals surface area contributed by atoms with Crippen molar-refractivity contribution in [1.82, 2.24) is 5.32 Å². The van der Waals surface area contributed by atoms with Crippen LogP contribution in [0.1, 0.15) is 42.6 Å². The lowest BCUT2D eigenvalue weighted by molar-refractivity contribution is 0.0895. The molecular formula is C14H21FN2O. The monoisotopic (exact) mass is 252 g/mol. The van der Waals surface area contributed by atoms with Gasteiger partial charge in [0.05, 0.1) is 5.54 Å².